The Morgan fingerprint density at radius 3 is 2.85 bits per heavy atom. The lowest BCUT2D eigenvalue weighted by Gasteiger charge is -1.97. The van der Waals surface area contributed by atoms with E-state index in [0.29, 0.717) is 5.52 Å². The molecular weight excluding hydrogens is 174 g/mol. The molecule has 0 saturated heterocycles. The van der Waals surface area contributed by atoms with Crippen LogP contribution in [-0.2, 0) is 0 Å². The van der Waals surface area contributed by atoms with E-state index in [9.17, 15) is 4.39 Å². The SMILES string of the molecule is OB(O)c1ccc2n[nH]c(F)c2c1. The van der Waals surface area contributed by atoms with Gasteiger partial charge in [0.2, 0.25) is 5.95 Å². The van der Waals surface area contributed by atoms with Crippen LogP contribution < -0.4 is 5.46 Å². The summed E-state index contributed by atoms with van der Waals surface area (Å²) in [6.45, 7) is 0. The summed E-state index contributed by atoms with van der Waals surface area (Å²) in [5.41, 5.74) is 0.703. The second-order valence-corrected chi connectivity index (χ2v) is 2.69. The molecule has 0 fully saturated rings. The molecule has 0 radical (unpaired) electrons. The normalized spacial score (nSPS) is 10.7. The summed E-state index contributed by atoms with van der Waals surface area (Å²) in [5, 5.41) is 23.7. The van der Waals surface area contributed by atoms with Gasteiger partial charge in [0, 0.05) is 0 Å². The van der Waals surface area contributed by atoms with E-state index in [1.165, 1.54) is 18.2 Å². The Kier molecular flexibility index (Phi) is 1.79. The molecule has 0 amide bonds. The van der Waals surface area contributed by atoms with Gasteiger partial charge in [-0.1, -0.05) is 6.07 Å². The molecule has 0 atom stereocenters. The Hall–Kier alpha value is -1.40. The summed E-state index contributed by atoms with van der Waals surface area (Å²) in [5.74, 6) is -0.572. The van der Waals surface area contributed by atoms with E-state index in [0.717, 1.165) is 0 Å². The van der Waals surface area contributed by atoms with Gasteiger partial charge in [0.1, 0.15) is 0 Å². The fraction of sp³-hybridized carbons (Fsp3) is 0. The van der Waals surface area contributed by atoms with Crippen LogP contribution in [0.4, 0.5) is 4.39 Å². The van der Waals surface area contributed by atoms with E-state index in [2.05, 4.69) is 10.2 Å². The van der Waals surface area contributed by atoms with Gasteiger partial charge >= 0.3 is 7.12 Å². The molecule has 0 bridgehead atoms. The molecule has 0 unspecified atom stereocenters. The summed E-state index contributed by atoms with van der Waals surface area (Å²) in [6, 6.07) is 4.34. The Balaban J connectivity index is 2.66. The fourth-order valence-electron chi connectivity index (χ4n) is 1.16. The van der Waals surface area contributed by atoms with Gasteiger partial charge in [-0.25, -0.2) is 0 Å². The van der Waals surface area contributed by atoms with Crippen LogP contribution in [0.5, 0.6) is 0 Å². The van der Waals surface area contributed by atoms with E-state index in [4.69, 9.17) is 10.0 Å². The lowest BCUT2D eigenvalue weighted by molar-refractivity contribution is 0.426. The largest absolute Gasteiger partial charge is 0.488 e. The number of nitrogens with one attached hydrogen (secondary N) is 1. The van der Waals surface area contributed by atoms with Crippen molar-refractivity contribution in [2.75, 3.05) is 0 Å². The van der Waals surface area contributed by atoms with Crippen molar-refractivity contribution in [3.63, 3.8) is 0 Å². The number of aromatic amines is 1. The van der Waals surface area contributed by atoms with Crippen molar-refractivity contribution in [3.8, 4) is 0 Å². The molecule has 0 aliphatic rings. The lowest BCUT2D eigenvalue weighted by atomic mass is 9.80. The van der Waals surface area contributed by atoms with E-state index in [1.54, 1.807) is 0 Å². The van der Waals surface area contributed by atoms with Crippen LogP contribution in [0, 0.1) is 5.95 Å². The van der Waals surface area contributed by atoms with Crippen molar-refractivity contribution in [1.29, 1.82) is 0 Å². The van der Waals surface area contributed by atoms with Gasteiger partial charge in [0.05, 0.1) is 10.9 Å². The van der Waals surface area contributed by atoms with Crippen LogP contribution in [0.1, 0.15) is 0 Å². The quantitative estimate of drug-likeness (QED) is 0.512. The average molecular weight is 180 g/mol. The number of hydrogen-bond donors (Lipinski definition) is 3. The van der Waals surface area contributed by atoms with Crippen molar-refractivity contribution in [2.24, 2.45) is 0 Å². The number of fused-ring (bicyclic) bond motifs is 1. The molecular formula is C7H6BFN2O2. The monoisotopic (exact) mass is 180 g/mol. The first-order chi connectivity index (χ1) is 6.18. The molecule has 0 aliphatic carbocycles. The third-order valence-electron chi connectivity index (χ3n) is 1.83. The number of halogens is 1. The van der Waals surface area contributed by atoms with Crippen molar-refractivity contribution in [2.45, 2.75) is 0 Å². The Morgan fingerprint density at radius 2 is 2.15 bits per heavy atom. The minimum atomic E-state index is -1.58. The van der Waals surface area contributed by atoms with Gasteiger partial charge in [0.15, 0.2) is 0 Å². The summed E-state index contributed by atoms with van der Waals surface area (Å²) in [6.07, 6.45) is 0. The lowest BCUT2D eigenvalue weighted by Crippen LogP contribution is -2.29. The maximum atomic E-state index is 12.9. The van der Waals surface area contributed by atoms with E-state index in [-0.39, 0.29) is 10.8 Å². The maximum absolute atomic E-state index is 12.9. The van der Waals surface area contributed by atoms with Crippen LogP contribution in [0.15, 0.2) is 18.2 Å². The summed E-state index contributed by atoms with van der Waals surface area (Å²) in [4.78, 5) is 0. The van der Waals surface area contributed by atoms with E-state index < -0.39 is 13.1 Å². The van der Waals surface area contributed by atoms with Gasteiger partial charge < -0.3 is 10.0 Å². The predicted octanol–water partition coefficient (Wildman–Crippen LogP) is -0.618. The van der Waals surface area contributed by atoms with Crippen LogP contribution in [0.2, 0.25) is 0 Å². The smallest absolute Gasteiger partial charge is 0.423 e. The number of rotatable bonds is 1. The van der Waals surface area contributed by atoms with Gasteiger partial charge in [-0.15, -0.1) is 0 Å². The molecule has 0 aliphatic heterocycles. The maximum Gasteiger partial charge on any atom is 0.488 e. The van der Waals surface area contributed by atoms with Gasteiger partial charge in [-0.05, 0) is 17.6 Å². The van der Waals surface area contributed by atoms with Crippen LogP contribution >= 0.6 is 0 Å². The molecule has 13 heavy (non-hydrogen) atoms. The highest BCUT2D eigenvalue weighted by Gasteiger charge is 2.13. The molecule has 4 nitrogen and oxygen atoms in total. The molecule has 2 aromatic rings. The minimum Gasteiger partial charge on any atom is -0.423 e. The van der Waals surface area contributed by atoms with Crippen molar-refractivity contribution in [1.82, 2.24) is 10.2 Å². The zero-order valence-electron chi connectivity index (χ0n) is 6.53. The second-order valence-electron chi connectivity index (χ2n) is 2.69. The predicted molar refractivity (Wildman–Crippen MR) is 45.9 cm³/mol. The number of nitrogens with zero attached hydrogens (tertiary/aromatic N) is 1. The molecule has 6 heteroatoms. The highest BCUT2D eigenvalue weighted by molar-refractivity contribution is 6.58. The highest BCUT2D eigenvalue weighted by atomic mass is 19.1. The highest BCUT2D eigenvalue weighted by Crippen LogP contribution is 2.11. The third kappa shape index (κ3) is 1.30. The van der Waals surface area contributed by atoms with Crippen LogP contribution in [-0.4, -0.2) is 27.4 Å². The Labute approximate surface area is 73.2 Å². The second kappa shape index (κ2) is 2.83. The molecule has 2 rings (SSSR count). The Morgan fingerprint density at radius 1 is 1.38 bits per heavy atom. The topological polar surface area (TPSA) is 69.1 Å². The molecule has 3 N–H and O–H groups in total. The third-order valence-corrected chi connectivity index (χ3v) is 1.83. The molecule has 0 spiro atoms. The van der Waals surface area contributed by atoms with Crippen molar-refractivity contribution < 1.29 is 14.4 Å². The number of H-pyrrole nitrogens is 1. The van der Waals surface area contributed by atoms with Crippen LogP contribution in [0.25, 0.3) is 10.9 Å². The van der Waals surface area contributed by atoms with Crippen molar-refractivity contribution in [3.05, 3.63) is 24.1 Å². The Bertz CT molecular complexity index is 443. The van der Waals surface area contributed by atoms with Gasteiger partial charge in [-0.2, -0.15) is 9.49 Å². The molecule has 66 valence electrons. The van der Waals surface area contributed by atoms with Gasteiger partial charge in [0.25, 0.3) is 0 Å². The first-order valence-electron chi connectivity index (χ1n) is 3.68. The first kappa shape index (κ1) is 8.21. The minimum absolute atomic E-state index is 0.243. The standard InChI is InChI=1S/C7H6BFN2O2/c9-7-5-3-4(8(12)13)1-2-6(5)10-11-7/h1-3,12-13H,(H,10,11). The zero-order chi connectivity index (χ0) is 9.42. The molecule has 0 saturated carbocycles. The van der Waals surface area contributed by atoms with Crippen molar-refractivity contribution >= 4 is 23.5 Å². The summed E-state index contributed by atoms with van der Waals surface area (Å²) in [7, 11) is -1.58. The number of hydrogen-bond acceptors (Lipinski definition) is 3. The first-order valence-corrected chi connectivity index (χ1v) is 3.68. The fourth-order valence-corrected chi connectivity index (χ4v) is 1.16. The number of benzene rings is 1. The van der Waals surface area contributed by atoms with E-state index in [1.807, 2.05) is 0 Å². The average Bonchev–Trinajstić information content (AvgIpc) is 2.47. The van der Waals surface area contributed by atoms with E-state index >= 15 is 0 Å². The molecule has 1 aromatic carbocycles. The number of aromatic nitrogens is 2. The van der Waals surface area contributed by atoms with Crippen LogP contribution in [0.3, 0.4) is 0 Å². The summed E-state index contributed by atoms with van der Waals surface area (Å²) >= 11 is 0. The summed E-state index contributed by atoms with van der Waals surface area (Å²) < 4.78 is 12.9. The zero-order valence-corrected chi connectivity index (χ0v) is 6.53. The molecule has 1 aromatic heterocycles. The molecule has 1 heterocycles. The van der Waals surface area contributed by atoms with Gasteiger partial charge in [-0.3, -0.25) is 5.10 Å².